The van der Waals surface area contributed by atoms with Crippen LogP contribution in [0.15, 0.2) is 39.9 Å². The summed E-state index contributed by atoms with van der Waals surface area (Å²) >= 11 is 13.0. The largest absolute Gasteiger partial charge is 0.455 e. The Morgan fingerprint density at radius 1 is 1.33 bits per heavy atom. The summed E-state index contributed by atoms with van der Waals surface area (Å²) in [6.07, 6.45) is 1.37. The lowest BCUT2D eigenvalue weighted by molar-refractivity contribution is 0.0958. The molecule has 0 saturated carbocycles. The second-order valence-corrected chi connectivity index (χ2v) is 7.30. The van der Waals surface area contributed by atoms with Gasteiger partial charge in [-0.3, -0.25) is 4.79 Å². The molecule has 3 rings (SSSR count). The highest BCUT2D eigenvalue weighted by molar-refractivity contribution is 7.18. The summed E-state index contributed by atoms with van der Waals surface area (Å²) < 4.78 is 5.65. The number of nitrogens with two attached hydrogens (primary N) is 1. The zero-order chi connectivity index (χ0) is 19.6. The molecule has 0 aliphatic heterocycles. The molecule has 136 valence electrons. The van der Waals surface area contributed by atoms with Crippen molar-refractivity contribution in [3.8, 4) is 17.4 Å². The Morgan fingerprint density at radius 2 is 2.11 bits per heavy atom. The Labute approximate surface area is 168 Å². The number of carbonyl (C=O) groups excluding carboxylic acids is 1. The minimum absolute atomic E-state index is 0.307. The van der Waals surface area contributed by atoms with Crippen LogP contribution < -0.4 is 11.2 Å². The predicted octanol–water partition coefficient (Wildman–Crippen LogP) is 4.84. The number of rotatable bonds is 4. The van der Waals surface area contributed by atoms with E-state index in [0.29, 0.717) is 42.6 Å². The fraction of sp³-hybridized carbons (Fsp3) is 0.0556. The van der Waals surface area contributed by atoms with Crippen molar-refractivity contribution in [1.82, 2.24) is 5.43 Å². The van der Waals surface area contributed by atoms with Gasteiger partial charge in [0.2, 0.25) is 0 Å². The van der Waals surface area contributed by atoms with Gasteiger partial charge in [0.15, 0.2) is 0 Å². The number of carbonyl (C=O) groups is 1. The van der Waals surface area contributed by atoms with Gasteiger partial charge < -0.3 is 10.2 Å². The molecule has 3 N–H and O–H groups in total. The molecule has 0 spiro atoms. The number of nitrogens with zero attached hydrogens (tertiary/aromatic N) is 2. The molecular weight excluding hydrogens is 407 g/mol. The first-order chi connectivity index (χ1) is 12.9. The molecule has 0 aliphatic rings. The van der Waals surface area contributed by atoms with Crippen molar-refractivity contribution in [1.29, 1.82) is 5.26 Å². The molecule has 0 fully saturated rings. The van der Waals surface area contributed by atoms with E-state index in [0.717, 1.165) is 16.9 Å². The summed E-state index contributed by atoms with van der Waals surface area (Å²) in [5.41, 5.74) is 9.74. The van der Waals surface area contributed by atoms with Crippen molar-refractivity contribution in [2.45, 2.75) is 6.92 Å². The number of thiophene rings is 1. The normalized spacial score (nSPS) is 10.9. The van der Waals surface area contributed by atoms with Crippen molar-refractivity contribution in [3.63, 3.8) is 0 Å². The maximum Gasteiger partial charge on any atom is 0.281 e. The molecule has 9 heteroatoms. The summed E-state index contributed by atoms with van der Waals surface area (Å²) in [6.45, 7) is 1.67. The van der Waals surface area contributed by atoms with Crippen LogP contribution in [0.4, 0.5) is 5.00 Å². The van der Waals surface area contributed by atoms with E-state index in [-0.39, 0.29) is 0 Å². The highest BCUT2D eigenvalue weighted by atomic mass is 35.5. The Kier molecular flexibility index (Phi) is 5.51. The highest BCUT2D eigenvalue weighted by Gasteiger charge is 2.18. The molecular formula is C18H12Cl2N4O2S. The molecule has 0 atom stereocenters. The molecule has 27 heavy (non-hydrogen) atoms. The molecule has 0 bridgehead atoms. The van der Waals surface area contributed by atoms with Crippen LogP contribution in [0.3, 0.4) is 0 Å². The first-order valence-corrected chi connectivity index (χ1v) is 9.15. The quantitative estimate of drug-likeness (QED) is 0.466. The van der Waals surface area contributed by atoms with Gasteiger partial charge in [-0.1, -0.05) is 23.2 Å². The van der Waals surface area contributed by atoms with Crippen molar-refractivity contribution in [3.05, 3.63) is 62.1 Å². The lowest BCUT2D eigenvalue weighted by Crippen LogP contribution is -2.17. The van der Waals surface area contributed by atoms with E-state index in [4.69, 9.17) is 38.6 Å². The number of furan rings is 1. The molecule has 2 heterocycles. The monoisotopic (exact) mass is 418 g/mol. The van der Waals surface area contributed by atoms with Gasteiger partial charge in [0.05, 0.1) is 21.8 Å². The van der Waals surface area contributed by atoms with E-state index >= 15 is 0 Å². The number of benzene rings is 1. The fourth-order valence-electron chi connectivity index (χ4n) is 2.32. The number of nitrogen functional groups attached to an aromatic ring is 1. The number of nitriles is 1. The van der Waals surface area contributed by atoms with Gasteiger partial charge in [-0.2, -0.15) is 10.4 Å². The zero-order valence-electron chi connectivity index (χ0n) is 13.9. The van der Waals surface area contributed by atoms with Crippen molar-refractivity contribution in [2.75, 3.05) is 5.73 Å². The van der Waals surface area contributed by atoms with E-state index in [9.17, 15) is 4.79 Å². The van der Waals surface area contributed by atoms with Crippen molar-refractivity contribution in [2.24, 2.45) is 5.10 Å². The van der Waals surface area contributed by atoms with Crippen molar-refractivity contribution < 1.29 is 9.21 Å². The molecule has 1 amide bonds. The minimum atomic E-state index is -0.446. The van der Waals surface area contributed by atoms with Crippen LogP contribution in [-0.4, -0.2) is 12.1 Å². The van der Waals surface area contributed by atoms with Gasteiger partial charge in [0.25, 0.3) is 5.91 Å². The summed E-state index contributed by atoms with van der Waals surface area (Å²) in [5, 5.41) is 14.1. The summed E-state index contributed by atoms with van der Waals surface area (Å²) in [7, 11) is 0. The van der Waals surface area contributed by atoms with Crippen molar-refractivity contribution >= 4 is 51.7 Å². The number of halogens is 2. The lowest BCUT2D eigenvalue weighted by Gasteiger charge is -1.99. The molecule has 0 unspecified atom stereocenters. The Balaban J connectivity index is 1.70. The maximum atomic E-state index is 12.2. The topological polar surface area (TPSA) is 104 Å². The first kappa shape index (κ1) is 19.0. The van der Waals surface area contributed by atoms with Gasteiger partial charge in [-0.15, -0.1) is 11.3 Å². The average Bonchev–Trinajstić information content (AvgIpc) is 3.21. The van der Waals surface area contributed by atoms with Crippen LogP contribution >= 0.6 is 34.5 Å². The van der Waals surface area contributed by atoms with Crippen LogP contribution in [0.5, 0.6) is 0 Å². The van der Waals surface area contributed by atoms with E-state index in [1.54, 1.807) is 37.3 Å². The van der Waals surface area contributed by atoms with E-state index < -0.39 is 5.91 Å². The number of hydrazone groups is 1. The highest BCUT2D eigenvalue weighted by Crippen LogP contribution is 2.30. The van der Waals surface area contributed by atoms with Gasteiger partial charge >= 0.3 is 0 Å². The predicted molar refractivity (Wildman–Crippen MR) is 107 cm³/mol. The van der Waals surface area contributed by atoms with Crippen LogP contribution in [0.25, 0.3) is 11.3 Å². The molecule has 3 aromatic rings. The van der Waals surface area contributed by atoms with Gasteiger partial charge in [-0.05, 0) is 42.8 Å². The van der Waals surface area contributed by atoms with Gasteiger partial charge in [0, 0.05) is 5.56 Å². The Hall–Kier alpha value is -2.79. The van der Waals surface area contributed by atoms with Gasteiger partial charge in [-0.25, -0.2) is 5.43 Å². The fourth-order valence-corrected chi connectivity index (χ4v) is 3.54. The maximum absolute atomic E-state index is 12.2. The summed E-state index contributed by atoms with van der Waals surface area (Å²) in [4.78, 5) is 12.5. The Morgan fingerprint density at radius 3 is 2.78 bits per heavy atom. The van der Waals surface area contributed by atoms with E-state index in [1.165, 1.54) is 6.21 Å². The average molecular weight is 419 g/mol. The van der Waals surface area contributed by atoms with E-state index in [1.807, 2.05) is 6.07 Å². The van der Waals surface area contributed by atoms with Crippen LogP contribution in [0.2, 0.25) is 10.0 Å². The number of hydrogen-bond donors (Lipinski definition) is 2. The molecule has 1 aromatic carbocycles. The summed E-state index contributed by atoms with van der Waals surface area (Å²) in [5.74, 6) is 0.580. The smallest absolute Gasteiger partial charge is 0.281 e. The van der Waals surface area contributed by atoms with Crippen LogP contribution in [-0.2, 0) is 0 Å². The molecule has 0 aliphatic carbocycles. The third-order valence-electron chi connectivity index (χ3n) is 3.68. The zero-order valence-corrected chi connectivity index (χ0v) is 16.2. The molecule has 0 saturated heterocycles. The summed E-state index contributed by atoms with van der Waals surface area (Å²) in [6, 6.07) is 10.6. The molecule has 2 aromatic heterocycles. The van der Waals surface area contributed by atoms with Gasteiger partial charge in [0.1, 0.15) is 27.5 Å². The molecule has 0 radical (unpaired) electrons. The third kappa shape index (κ3) is 3.98. The standard InChI is InChI=1S/C18H12Cl2N4O2S/c1-9-12(7-21)17(22)27-16(9)18(25)24-23-8-11-3-5-15(26-11)10-2-4-13(19)14(20)6-10/h2-6,8H,22H2,1H3,(H,24,25)/b23-8-. The SMILES string of the molecule is Cc1c(C(=O)N/N=C\c2ccc(-c3ccc(Cl)c(Cl)c3)o2)sc(N)c1C#N. The number of amides is 1. The minimum Gasteiger partial charge on any atom is -0.455 e. The number of hydrogen-bond acceptors (Lipinski definition) is 6. The third-order valence-corrected chi connectivity index (χ3v) is 5.54. The second kappa shape index (κ2) is 7.84. The molecule has 6 nitrogen and oxygen atoms in total. The van der Waals surface area contributed by atoms with Crippen LogP contribution in [0, 0.1) is 18.3 Å². The first-order valence-electron chi connectivity index (χ1n) is 7.58. The van der Waals surface area contributed by atoms with Crippen LogP contribution in [0.1, 0.15) is 26.6 Å². The number of anilines is 1. The Bertz CT molecular complexity index is 1100. The van der Waals surface area contributed by atoms with E-state index in [2.05, 4.69) is 10.5 Å². The number of nitrogens with one attached hydrogen (secondary N) is 1. The lowest BCUT2D eigenvalue weighted by atomic mass is 10.2. The second-order valence-electron chi connectivity index (χ2n) is 5.44.